The minimum absolute atomic E-state index is 0.0983. The largest absolute Gasteiger partial charge is 0.466 e. The summed E-state index contributed by atoms with van der Waals surface area (Å²) in [6.07, 6.45) is 2.50. The quantitative estimate of drug-likeness (QED) is 0.609. The molecule has 0 bridgehead atoms. The molecule has 1 heterocycles. The lowest BCUT2D eigenvalue weighted by Gasteiger charge is -2.28. The highest BCUT2D eigenvalue weighted by Crippen LogP contribution is 2.50. The average molecular weight is 421 g/mol. The fourth-order valence-corrected chi connectivity index (χ4v) is 4.56. The highest BCUT2D eigenvalue weighted by Gasteiger charge is 2.54. The number of hydrogen-bond acceptors (Lipinski definition) is 5. The predicted octanol–water partition coefficient (Wildman–Crippen LogP) is 3.67. The molecule has 0 radical (unpaired) electrons. The molecule has 31 heavy (non-hydrogen) atoms. The first-order valence-electron chi connectivity index (χ1n) is 11.0. The first kappa shape index (κ1) is 19.9. The highest BCUT2D eigenvalue weighted by molar-refractivity contribution is 5.91. The molecule has 3 aliphatic rings. The summed E-state index contributed by atoms with van der Waals surface area (Å²) < 4.78 is 16.1. The summed E-state index contributed by atoms with van der Waals surface area (Å²) in [6.45, 7) is 3.48. The number of fused-ring (bicyclic) bond motifs is 1. The molecule has 2 aromatic carbocycles. The van der Waals surface area contributed by atoms with E-state index in [1.165, 1.54) is 0 Å². The van der Waals surface area contributed by atoms with E-state index in [4.69, 9.17) is 14.2 Å². The van der Waals surface area contributed by atoms with Crippen molar-refractivity contribution in [1.29, 1.82) is 0 Å². The van der Waals surface area contributed by atoms with Crippen LogP contribution in [-0.4, -0.2) is 36.7 Å². The van der Waals surface area contributed by atoms with Gasteiger partial charge in [-0.25, -0.2) is 0 Å². The molecule has 2 aromatic rings. The molecule has 2 saturated carbocycles. The van der Waals surface area contributed by atoms with E-state index in [2.05, 4.69) is 0 Å². The van der Waals surface area contributed by atoms with Crippen molar-refractivity contribution in [3.63, 3.8) is 0 Å². The molecule has 6 nitrogen and oxygen atoms in total. The van der Waals surface area contributed by atoms with Crippen molar-refractivity contribution in [2.24, 2.45) is 11.8 Å². The van der Waals surface area contributed by atoms with Crippen molar-refractivity contribution in [3.05, 3.63) is 59.7 Å². The number of rotatable bonds is 8. The van der Waals surface area contributed by atoms with Crippen molar-refractivity contribution < 1.29 is 23.8 Å². The van der Waals surface area contributed by atoms with E-state index >= 15 is 0 Å². The molecule has 1 amide bonds. The van der Waals surface area contributed by atoms with Crippen LogP contribution in [0.1, 0.15) is 37.3 Å². The second-order valence-electron chi connectivity index (χ2n) is 8.68. The maximum Gasteiger partial charge on any atom is 0.309 e. The Morgan fingerprint density at radius 1 is 1.10 bits per heavy atom. The van der Waals surface area contributed by atoms with Crippen LogP contribution in [0.25, 0.3) is 0 Å². The zero-order valence-electron chi connectivity index (χ0n) is 17.7. The summed E-state index contributed by atoms with van der Waals surface area (Å²) in [7, 11) is 0. The second kappa shape index (κ2) is 7.91. The maximum absolute atomic E-state index is 13.8. The minimum Gasteiger partial charge on any atom is -0.466 e. The number of nitrogens with zero attached hydrogens (tertiary/aromatic N) is 1. The number of hydrogen-bond donors (Lipinski definition) is 0. The summed E-state index contributed by atoms with van der Waals surface area (Å²) in [4.78, 5) is 27.8. The van der Waals surface area contributed by atoms with Crippen LogP contribution in [0.5, 0.6) is 11.5 Å². The van der Waals surface area contributed by atoms with Gasteiger partial charge in [0, 0.05) is 13.1 Å². The normalized spacial score (nSPS) is 22.0. The van der Waals surface area contributed by atoms with E-state index < -0.39 is 5.41 Å². The molecule has 0 unspecified atom stereocenters. The molecule has 2 fully saturated rings. The Kier molecular flexibility index (Phi) is 5.08. The van der Waals surface area contributed by atoms with E-state index in [0.29, 0.717) is 25.4 Å². The Morgan fingerprint density at radius 3 is 2.61 bits per heavy atom. The molecule has 0 N–H and O–H groups in total. The van der Waals surface area contributed by atoms with Gasteiger partial charge in [0.05, 0.1) is 17.9 Å². The Bertz CT molecular complexity index is 985. The van der Waals surface area contributed by atoms with E-state index in [0.717, 1.165) is 36.1 Å². The van der Waals surface area contributed by atoms with Crippen LogP contribution in [0.15, 0.2) is 48.5 Å². The summed E-state index contributed by atoms with van der Waals surface area (Å²) in [5, 5.41) is 0. The van der Waals surface area contributed by atoms with Gasteiger partial charge in [0.2, 0.25) is 12.7 Å². The number of carbonyl (C=O) groups is 2. The van der Waals surface area contributed by atoms with Gasteiger partial charge in [-0.2, -0.15) is 0 Å². The lowest BCUT2D eigenvalue weighted by molar-refractivity contribution is -0.145. The van der Waals surface area contributed by atoms with Crippen LogP contribution in [0.4, 0.5) is 0 Å². The number of esters is 1. The molecule has 0 aromatic heterocycles. The molecular formula is C25H27NO5. The van der Waals surface area contributed by atoms with Crippen molar-refractivity contribution in [3.8, 4) is 11.5 Å². The lowest BCUT2D eigenvalue weighted by atomic mass is 9.94. The molecule has 0 saturated heterocycles. The van der Waals surface area contributed by atoms with Gasteiger partial charge in [0.25, 0.3) is 0 Å². The fraction of sp³-hybridized carbons (Fsp3) is 0.440. The van der Waals surface area contributed by atoms with Crippen LogP contribution in [0, 0.1) is 11.8 Å². The summed E-state index contributed by atoms with van der Waals surface area (Å²) >= 11 is 0. The third-order valence-electron chi connectivity index (χ3n) is 6.55. The van der Waals surface area contributed by atoms with Crippen LogP contribution in [0.3, 0.4) is 0 Å². The monoisotopic (exact) mass is 421 g/mol. The maximum atomic E-state index is 13.8. The highest BCUT2D eigenvalue weighted by atomic mass is 16.7. The van der Waals surface area contributed by atoms with Crippen LogP contribution in [-0.2, 0) is 26.3 Å². The first-order chi connectivity index (χ1) is 15.1. The standard InChI is InChI=1S/C25H27NO5/c1-2-29-23(27)20-13-18(20)15-26(14-17-8-9-21-22(12-17)31-16-30-21)24(28)25(10-11-25)19-6-4-3-5-7-19/h3-9,12,18,20H,2,10-11,13-16H2,1H3/t18-,20-/m0/s1. The SMILES string of the molecule is CCOC(=O)[C@H]1C[C@H]1CN(Cc1ccc2c(c1)OCO2)C(=O)C1(c2ccccc2)CC1. The molecule has 162 valence electrons. The zero-order chi connectivity index (χ0) is 21.4. The molecule has 2 atom stereocenters. The third-order valence-corrected chi connectivity index (χ3v) is 6.55. The molecule has 5 rings (SSSR count). The minimum atomic E-state index is -0.439. The predicted molar refractivity (Wildman–Crippen MR) is 114 cm³/mol. The van der Waals surface area contributed by atoms with E-state index in [-0.39, 0.29) is 30.5 Å². The van der Waals surface area contributed by atoms with Gasteiger partial charge in [0.1, 0.15) is 0 Å². The van der Waals surface area contributed by atoms with Gasteiger partial charge in [-0.05, 0) is 55.4 Å². The Morgan fingerprint density at radius 2 is 1.87 bits per heavy atom. The van der Waals surface area contributed by atoms with Gasteiger partial charge in [-0.15, -0.1) is 0 Å². The Balaban J connectivity index is 1.37. The second-order valence-corrected chi connectivity index (χ2v) is 8.68. The van der Waals surface area contributed by atoms with Gasteiger partial charge in [0.15, 0.2) is 11.5 Å². The van der Waals surface area contributed by atoms with Gasteiger partial charge < -0.3 is 19.1 Å². The first-order valence-corrected chi connectivity index (χ1v) is 11.0. The smallest absolute Gasteiger partial charge is 0.309 e. The summed E-state index contributed by atoms with van der Waals surface area (Å²) in [5.74, 6) is 1.50. The van der Waals surface area contributed by atoms with Crippen LogP contribution < -0.4 is 9.47 Å². The zero-order valence-corrected chi connectivity index (χ0v) is 17.7. The Hall–Kier alpha value is -3.02. The number of carbonyl (C=O) groups excluding carboxylic acids is 2. The molecule has 6 heteroatoms. The van der Waals surface area contributed by atoms with Crippen LogP contribution in [0.2, 0.25) is 0 Å². The van der Waals surface area contributed by atoms with E-state index in [9.17, 15) is 9.59 Å². The lowest BCUT2D eigenvalue weighted by Crippen LogP contribution is -2.40. The average Bonchev–Trinajstić information content (AvgIpc) is 3.70. The molecule has 0 spiro atoms. The van der Waals surface area contributed by atoms with E-state index in [1.54, 1.807) is 0 Å². The number of amides is 1. The fourth-order valence-electron chi connectivity index (χ4n) is 4.56. The number of ether oxygens (including phenoxy) is 3. The third kappa shape index (κ3) is 3.87. The van der Waals surface area contributed by atoms with Crippen molar-refractivity contribution >= 4 is 11.9 Å². The van der Waals surface area contributed by atoms with Gasteiger partial charge in [-0.1, -0.05) is 36.4 Å². The van der Waals surface area contributed by atoms with Gasteiger partial charge in [-0.3, -0.25) is 9.59 Å². The van der Waals surface area contributed by atoms with Crippen LogP contribution >= 0.6 is 0 Å². The van der Waals surface area contributed by atoms with Crippen molar-refractivity contribution in [2.45, 2.75) is 38.1 Å². The summed E-state index contributed by atoms with van der Waals surface area (Å²) in [5.41, 5.74) is 1.63. The topological polar surface area (TPSA) is 65.1 Å². The van der Waals surface area contributed by atoms with Gasteiger partial charge >= 0.3 is 5.97 Å². The summed E-state index contributed by atoms with van der Waals surface area (Å²) in [6, 6.07) is 15.9. The molecule has 1 aliphatic heterocycles. The van der Waals surface area contributed by atoms with E-state index in [1.807, 2.05) is 60.4 Å². The number of benzene rings is 2. The van der Waals surface area contributed by atoms with Crippen molar-refractivity contribution in [2.75, 3.05) is 19.9 Å². The Labute approximate surface area is 182 Å². The molecular weight excluding hydrogens is 394 g/mol. The molecule has 2 aliphatic carbocycles. The van der Waals surface area contributed by atoms with Crippen molar-refractivity contribution in [1.82, 2.24) is 4.90 Å².